The lowest BCUT2D eigenvalue weighted by Crippen LogP contribution is -2.23. The van der Waals surface area contributed by atoms with Crippen LogP contribution in [0.3, 0.4) is 0 Å². The van der Waals surface area contributed by atoms with Crippen molar-refractivity contribution in [2.75, 3.05) is 7.11 Å². The van der Waals surface area contributed by atoms with Crippen LogP contribution in [0.4, 0.5) is 0 Å². The fourth-order valence-electron chi connectivity index (χ4n) is 6.99. The van der Waals surface area contributed by atoms with Crippen LogP contribution in [-0.2, 0) is 36.8 Å². The first-order valence-corrected chi connectivity index (χ1v) is 20.8. The second-order valence-electron chi connectivity index (χ2n) is 15.0. The summed E-state index contributed by atoms with van der Waals surface area (Å²) < 4.78 is 5.03. The van der Waals surface area contributed by atoms with E-state index in [1.807, 2.05) is 12.1 Å². The molecule has 0 saturated heterocycles. The quantitative estimate of drug-likeness (QED) is 0.177. The summed E-state index contributed by atoms with van der Waals surface area (Å²) in [6.45, 7) is 0. The van der Waals surface area contributed by atoms with Gasteiger partial charge in [0.05, 0.1) is 19.6 Å². The number of carbonyl (C=O) groups is 7. The number of nitrogens with two attached hydrogens (primary N) is 1. The first-order valence-electron chi connectivity index (χ1n) is 20.5. The lowest BCUT2D eigenvalue weighted by Gasteiger charge is -2.07. The molecule has 14 heteroatoms. The fraction of sp³-hybridized carbons (Fsp3) is 0.511. The first kappa shape index (κ1) is 48.0. The number of amides is 1. The number of methoxy groups -OCH3 is 1. The molecule has 1 amide bonds. The van der Waals surface area contributed by atoms with E-state index >= 15 is 0 Å². The molecular weight excluding hydrogens is 776 g/mol. The molecule has 0 aliphatic heterocycles. The van der Waals surface area contributed by atoms with Crippen LogP contribution in [-0.4, -0.2) is 57.7 Å². The van der Waals surface area contributed by atoms with Gasteiger partial charge in [0.25, 0.3) is 0 Å². The highest BCUT2D eigenvalue weighted by molar-refractivity contribution is 6.31. The molecule has 0 bridgehead atoms. The molecule has 0 aromatic carbocycles. The van der Waals surface area contributed by atoms with Gasteiger partial charge < -0.3 is 15.5 Å². The van der Waals surface area contributed by atoms with E-state index in [4.69, 9.17) is 27.3 Å². The number of primary amides is 1. The highest BCUT2D eigenvalue weighted by Gasteiger charge is 2.22. The number of ketones is 6. The molecule has 0 spiro atoms. The Bertz CT molecular complexity index is 1990. The van der Waals surface area contributed by atoms with E-state index in [9.17, 15) is 38.4 Å². The maximum Gasteiger partial charge on any atom is 0.248 e. The topological polar surface area (TPSA) is 224 Å². The third-order valence-corrected chi connectivity index (χ3v) is 10.5. The molecule has 2 heterocycles. The number of ether oxygens (including phenoxy) is 1. The maximum atomic E-state index is 11.6. The standard InChI is InChI=1S/C11H13NO2.C10H12N2O2.C10H11NO2.C7H9ClO.C7H10O2/c1-14-11-6-8-4-2-3-5-10(13)9(8)7-12-11;11-6-9(10(12)14)7-3-1-2-4-8(13)5-7;12-9-4-2-1-3-7-5-10(13)11-6-8(7)9;2*8-6-3-1-2-4-7(9)5-6/h6-7H,2-5H2,1H3;5,9H,1-4H2,(H2,12,14);5-6H,1-4H2,(H,11,13);5H,1-4H2;1-5H2. The fourth-order valence-corrected chi connectivity index (χ4v) is 7.24. The summed E-state index contributed by atoms with van der Waals surface area (Å²) in [4.78, 5) is 94.9. The minimum absolute atomic E-state index is 0.0148. The van der Waals surface area contributed by atoms with Gasteiger partial charge in [0.15, 0.2) is 23.1 Å². The molecule has 1 fully saturated rings. The molecule has 2 aromatic heterocycles. The van der Waals surface area contributed by atoms with Crippen molar-refractivity contribution < 1.29 is 38.3 Å². The number of hydrogen-bond donors (Lipinski definition) is 2. The number of pyridine rings is 2. The zero-order chi connectivity index (χ0) is 43.2. The number of nitrogens with zero attached hydrogens (tertiary/aromatic N) is 2. The smallest absolute Gasteiger partial charge is 0.248 e. The van der Waals surface area contributed by atoms with E-state index in [2.05, 4.69) is 9.97 Å². The Morgan fingerprint density at radius 1 is 0.712 bits per heavy atom. The van der Waals surface area contributed by atoms with Crippen molar-refractivity contribution >= 4 is 52.2 Å². The number of hydrogen-bond acceptors (Lipinski definition) is 11. The molecule has 13 nitrogen and oxygen atoms in total. The van der Waals surface area contributed by atoms with Crippen molar-refractivity contribution in [3.05, 3.63) is 79.9 Å². The average Bonchev–Trinajstić information content (AvgIpc) is 3.76. The molecule has 1 atom stereocenters. The van der Waals surface area contributed by atoms with Gasteiger partial charge in [0.2, 0.25) is 17.3 Å². The molecular formula is C45H55ClN4O9. The Morgan fingerprint density at radius 2 is 1.22 bits per heavy atom. The molecule has 1 unspecified atom stereocenters. The number of nitrogens with one attached hydrogen (secondary N) is 1. The van der Waals surface area contributed by atoms with Crippen LogP contribution in [0.2, 0.25) is 0 Å². The number of rotatable bonds is 3. The summed E-state index contributed by atoms with van der Waals surface area (Å²) in [5.41, 5.74) is 8.99. The zero-order valence-corrected chi connectivity index (χ0v) is 34.7. The molecule has 7 rings (SSSR count). The van der Waals surface area contributed by atoms with Gasteiger partial charge in [0.1, 0.15) is 17.5 Å². The Kier molecular flexibility index (Phi) is 21.1. The number of H-pyrrole nitrogens is 1. The number of fused-ring (bicyclic) bond motifs is 2. The van der Waals surface area contributed by atoms with Crippen LogP contribution in [0.1, 0.15) is 154 Å². The Morgan fingerprint density at radius 3 is 1.81 bits per heavy atom. The number of carbonyl (C=O) groups excluding carboxylic acids is 7. The number of nitriles is 1. The molecule has 59 heavy (non-hydrogen) atoms. The highest BCUT2D eigenvalue weighted by Crippen LogP contribution is 2.24. The Labute approximate surface area is 350 Å². The van der Waals surface area contributed by atoms with Crippen molar-refractivity contribution in [3.8, 4) is 11.9 Å². The molecule has 1 saturated carbocycles. The van der Waals surface area contributed by atoms with Crippen LogP contribution in [0.25, 0.3) is 0 Å². The minimum Gasteiger partial charge on any atom is -0.481 e. The summed E-state index contributed by atoms with van der Waals surface area (Å²) in [6, 6.07) is 5.24. The van der Waals surface area contributed by atoms with Gasteiger partial charge in [-0.2, -0.15) is 5.26 Å². The zero-order valence-electron chi connectivity index (χ0n) is 33.9. The van der Waals surface area contributed by atoms with Crippen LogP contribution < -0.4 is 16.0 Å². The van der Waals surface area contributed by atoms with Gasteiger partial charge in [-0.25, -0.2) is 4.98 Å². The number of aromatic nitrogens is 2. The molecule has 2 aromatic rings. The van der Waals surface area contributed by atoms with Gasteiger partial charge in [-0.15, -0.1) is 0 Å². The summed E-state index contributed by atoms with van der Waals surface area (Å²) in [5.74, 6) is -0.230. The second kappa shape index (κ2) is 25.9. The lowest BCUT2D eigenvalue weighted by molar-refractivity contribution is -0.126. The van der Waals surface area contributed by atoms with Crippen LogP contribution in [0.15, 0.2) is 52.1 Å². The SMILES string of the molecule is COc1cc2c(cn1)C(=O)CCCC2.N#CC(C(N)=O)C1=CC(=O)CCCC1.O=C1C=C(Cl)CCCC1.O=C1CCCCC(=O)C1.O=C1CCCCc2cc(=O)[nH]cc21. The van der Waals surface area contributed by atoms with Gasteiger partial charge in [-0.05, 0) is 119 Å². The van der Waals surface area contributed by atoms with Crippen LogP contribution in [0, 0.1) is 17.2 Å². The van der Waals surface area contributed by atoms with Gasteiger partial charge in [-0.1, -0.05) is 11.6 Å². The summed E-state index contributed by atoms with van der Waals surface area (Å²) in [6.07, 6.45) is 22.8. The largest absolute Gasteiger partial charge is 0.481 e. The lowest BCUT2D eigenvalue weighted by atomic mass is 9.96. The summed E-state index contributed by atoms with van der Waals surface area (Å²) >= 11 is 5.66. The van der Waals surface area contributed by atoms with Crippen molar-refractivity contribution in [3.63, 3.8) is 0 Å². The van der Waals surface area contributed by atoms with Crippen molar-refractivity contribution in [1.29, 1.82) is 5.26 Å². The maximum absolute atomic E-state index is 11.6. The number of aromatic amines is 1. The van der Waals surface area contributed by atoms with Crippen LogP contribution in [0.5, 0.6) is 5.88 Å². The summed E-state index contributed by atoms with van der Waals surface area (Å²) in [7, 11) is 1.59. The first-order chi connectivity index (χ1) is 28.3. The Balaban J connectivity index is 0.000000200. The van der Waals surface area contributed by atoms with Crippen molar-refractivity contribution in [2.24, 2.45) is 11.7 Å². The molecule has 5 aliphatic rings. The average molecular weight is 831 g/mol. The minimum atomic E-state index is -0.933. The van der Waals surface area contributed by atoms with E-state index in [0.29, 0.717) is 62.0 Å². The van der Waals surface area contributed by atoms with E-state index in [0.717, 1.165) is 105 Å². The van der Waals surface area contributed by atoms with Gasteiger partial charge in [-0.3, -0.25) is 38.4 Å². The van der Waals surface area contributed by atoms with Crippen molar-refractivity contribution in [1.82, 2.24) is 9.97 Å². The number of halogens is 1. The molecule has 5 aliphatic carbocycles. The molecule has 316 valence electrons. The number of allylic oxidation sites excluding steroid dienone is 3. The van der Waals surface area contributed by atoms with E-state index in [-0.39, 0.29) is 46.7 Å². The van der Waals surface area contributed by atoms with E-state index < -0.39 is 11.8 Å². The molecule has 0 radical (unpaired) electrons. The highest BCUT2D eigenvalue weighted by atomic mass is 35.5. The monoisotopic (exact) mass is 830 g/mol. The van der Waals surface area contributed by atoms with Gasteiger partial charge in [0, 0.05) is 79.2 Å². The normalized spacial score (nSPS) is 18.5. The van der Waals surface area contributed by atoms with Crippen molar-refractivity contribution in [2.45, 2.75) is 135 Å². The Hall–Kier alpha value is -5.35. The third kappa shape index (κ3) is 17.6. The van der Waals surface area contributed by atoms with E-state index in [1.54, 1.807) is 31.6 Å². The summed E-state index contributed by atoms with van der Waals surface area (Å²) in [5, 5.41) is 9.44. The third-order valence-electron chi connectivity index (χ3n) is 10.2. The second-order valence-corrected chi connectivity index (χ2v) is 15.4. The molecule has 3 N–H and O–H groups in total. The number of aryl methyl sites for hydroxylation is 2. The van der Waals surface area contributed by atoms with E-state index in [1.165, 1.54) is 6.08 Å². The number of Topliss-reactive ketones (excluding diaryl/α,β-unsaturated/α-hetero) is 4. The van der Waals surface area contributed by atoms with Crippen LogP contribution >= 0.6 is 11.6 Å². The predicted octanol–water partition coefficient (Wildman–Crippen LogP) is 7.31. The predicted molar refractivity (Wildman–Crippen MR) is 222 cm³/mol. The van der Waals surface area contributed by atoms with Gasteiger partial charge >= 0.3 is 0 Å².